The summed E-state index contributed by atoms with van der Waals surface area (Å²) in [6.45, 7) is 0. The quantitative estimate of drug-likeness (QED) is 0.186. The molecule has 1 aliphatic carbocycles. The third-order valence-electron chi connectivity index (χ3n) is 10.5. The minimum atomic E-state index is -0.471. The smallest absolute Gasteiger partial charge is 0.160 e. The lowest BCUT2D eigenvalue weighted by molar-refractivity contribution is 0.775. The van der Waals surface area contributed by atoms with Gasteiger partial charge in [-0.25, -0.2) is 9.97 Å². The predicted molar refractivity (Wildman–Crippen MR) is 211 cm³/mol. The standard InChI is InChI=1S/C49H32N2/c1-4-16-34(17-5-1)45-32-46(42-25-14-18-33-15-10-11-23-39(33)42)51-48(50-45)36-28-29-40-35(31-36)27-30-43-41-24-12-13-26-44(41)49(47(40)43,37-19-6-2-7-20-37)38-21-8-3-9-22-38/h1-32H. The van der Waals surface area contributed by atoms with Gasteiger partial charge >= 0.3 is 0 Å². The first-order valence-corrected chi connectivity index (χ1v) is 17.5. The number of hydrogen-bond acceptors (Lipinski definition) is 2. The SMILES string of the molecule is c1ccc(-c2cc(-c3cccc4ccccc34)nc(-c3ccc4c5c(ccc4c3)-c3ccccc3C5(c3ccccc3)c3ccccc3)n2)cc1. The molecule has 51 heavy (non-hydrogen) atoms. The molecule has 10 rings (SSSR count). The lowest BCUT2D eigenvalue weighted by Crippen LogP contribution is -2.28. The van der Waals surface area contributed by atoms with Crippen molar-refractivity contribution in [3.63, 3.8) is 0 Å². The zero-order chi connectivity index (χ0) is 33.8. The van der Waals surface area contributed by atoms with Gasteiger partial charge < -0.3 is 0 Å². The molecule has 8 aromatic carbocycles. The summed E-state index contributed by atoms with van der Waals surface area (Å²) < 4.78 is 0. The van der Waals surface area contributed by atoms with Crippen LogP contribution in [-0.2, 0) is 5.41 Å². The maximum atomic E-state index is 5.27. The van der Waals surface area contributed by atoms with Crippen molar-refractivity contribution in [2.24, 2.45) is 0 Å². The van der Waals surface area contributed by atoms with Crippen molar-refractivity contribution in [2.75, 3.05) is 0 Å². The molecular weight excluding hydrogens is 617 g/mol. The van der Waals surface area contributed by atoms with E-state index in [1.54, 1.807) is 0 Å². The lowest BCUT2D eigenvalue weighted by Gasteiger charge is -2.34. The minimum Gasteiger partial charge on any atom is -0.228 e. The highest BCUT2D eigenvalue weighted by atomic mass is 14.9. The summed E-state index contributed by atoms with van der Waals surface area (Å²) >= 11 is 0. The number of hydrogen-bond donors (Lipinski definition) is 0. The summed E-state index contributed by atoms with van der Waals surface area (Å²) in [6, 6.07) is 69.8. The molecular formula is C49H32N2. The van der Waals surface area contributed by atoms with Crippen LogP contribution in [0, 0.1) is 0 Å². The second-order valence-electron chi connectivity index (χ2n) is 13.3. The lowest BCUT2D eigenvalue weighted by atomic mass is 9.66. The van der Waals surface area contributed by atoms with E-state index in [2.05, 4.69) is 188 Å². The van der Waals surface area contributed by atoms with Crippen molar-refractivity contribution < 1.29 is 0 Å². The van der Waals surface area contributed by atoms with Gasteiger partial charge in [0.05, 0.1) is 16.8 Å². The number of nitrogens with zero attached hydrogens (tertiary/aromatic N) is 2. The molecule has 0 fully saturated rings. The predicted octanol–water partition coefficient (Wildman–Crippen LogP) is 12.1. The number of fused-ring (bicyclic) bond motifs is 6. The van der Waals surface area contributed by atoms with Gasteiger partial charge in [0.25, 0.3) is 0 Å². The second kappa shape index (κ2) is 11.8. The molecule has 0 atom stereocenters. The van der Waals surface area contributed by atoms with Crippen LogP contribution in [0.25, 0.3) is 66.6 Å². The fourth-order valence-corrected chi connectivity index (χ4v) is 8.34. The molecule has 1 aliphatic rings. The van der Waals surface area contributed by atoms with Crippen LogP contribution in [0.5, 0.6) is 0 Å². The van der Waals surface area contributed by atoms with Gasteiger partial charge in [-0.05, 0) is 67.1 Å². The van der Waals surface area contributed by atoms with Gasteiger partial charge in [0.15, 0.2) is 5.82 Å². The highest BCUT2D eigenvalue weighted by Crippen LogP contribution is 2.58. The van der Waals surface area contributed by atoms with E-state index in [0.29, 0.717) is 5.82 Å². The molecule has 2 heteroatoms. The molecule has 0 spiro atoms. The average Bonchev–Trinajstić information content (AvgIpc) is 3.53. The summed E-state index contributed by atoms with van der Waals surface area (Å²) in [5, 5.41) is 4.76. The Morgan fingerprint density at radius 1 is 0.353 bits per heavy atom. The van der Waals surface area contributed by atoms with Crippen LogP contribution in [0.15, 0.2) is 194 Å². The third-order valence-corrected chi connectivity index (χ3v) is 10.5. The van der Waals surface area contributed by atoms with Gasteiger partial charge in [0.1, 0.15) is 0 Å². The molecule has 0 saturated heterocycles. The topological polar surface area (TPSA) is 25.8 Å². The fraction of sp³-hybridized carbons (Fsp3) is 0.0204. The first kappa shape index (κ1) is 29.3. The van der Waals surface area contributed by atoms with Crippen LogP contribution in [0.4, 0.5) is 0 Å². The van der Waals surface area contributed by atoms with Gasteiger partial charge in [0, 0.05) is 16.7 Å². The fourth-order valence-electron chi connectivity index (χ4n) is 8.34. The Morgan fingerprint density at radius 3 is 1.76 bits per heavy atom. The Hall–Kier alpha value is -6.64. The molecule has 0 saturated carbocycles. The molecule has 2 nitrogen and oxygen atoms in total. The molecule has 9 aromatic rings. The van der Waals surface area contributed by atoms with Crippen molar-refractivity contribution in [2.45, 2.75) is 5.41 Å². The van der Waals surface area contributed by atoms with Gasteiger partial charge in [0.2, 0.25) is 0 Å². The van der Waals surface area contributed by atoms with Gasteiger partial charge in [-0.2, -0.15) is 0 Å². The number of aromatic nitrogens is 2. The monoisotopic (exact) mass is 648 g/mol. The van der Waals surface area contributed by atoms with E-state index in [9.17, 15) is 0 Å². The molecule has 0 bridgehead atoms. The molecule has 1 heterocycles. The van der Waals surface area contributed by atoms with E-state index in [1.165, 1.54) is 49.5 Å². The van der Waals surface area contributed by atoms with E-state index < -0.39 is 5.41 Å². The highest BCUT2D eigenvalue weighted by molar-refractivity contribution is 6.02. The van der Waals surface area contributed by atoms with E-state index in [0.717, 1.165) is 33.5 Å². The summed E-state index contributed by atoms with van der Waals surface area (Å²) in [5.41, 5.74) is 12.2. The Balaban J connectivity index is 1.22. The summed E-state index contributed by atoms with van der Waals surface area (Å²) in [5.74, 6) is 0.711. The van der Waals surface area contributed by atoms with Gasteiger partial charge in [-0.1, -0.05) is 182 Å². The van der Waals surface area contributed by atoms with Crippen LogP contribution >= 0.6 is 0 Å². The highest BCUT2D eigenvalue weighted by Gasteiger charge is 2.46. The first-order chi connectivity index (χ1) is 25.3. The van der Waals surface area contributed by atoms with E-state index >= 15 is 0 Å². The van der Waals surface area contributed by atoms with Gasteiger partial charge in [-0.3, -0.25) is 0 Å². The Labute approximate surface area is 297 Å². The maximum absolute atomic E-state index is 5.27. The Morgan fingerprint density at radius 2 is 0.980 bits per heavy atom. The Bertz CT molecular complexity index is 2690. The van der Waals surface area contributed by atoms with Crippen LogP contribution in [0.1, 0.15) is 22.3 Å². The molecule has 0 radical (unpaired) electrons. The molecule has 0 unspecified atom stereocenters. The van der Waals surface area contributed by atoms with Crippen LogP contribution in [0.2, 0.25) is 0 Å². The van der Waals surface area contributed by atoms with Crippen molar-refractivity contribution >= 4 is 21.5 Å². The molecule has 0 aliphatic heterocycles. The maximum Gasteiger partial charge on any atom is 0.160 e. The van der Waals surface area contributed by atoms with Crippen LogP contribution in [-0.4, -0.2) is 9.97 Å². The van der Waals surface area contributed by atoms with Crippen LogP contribution < -0.4 is 0 Å². The molecule has 1 aromatic heterocycles. The van der Waals surface area contributed by atoms with E-state index in [-0.39, 0.29) is 0 Å². The largest absolute Gasteiger partial charge is 0.228 e. The zero-order valence-electron chi connectivity index (χ0n) is 27.9. The van der Waals surface area contributed by atoms with Gasteiger partial charge in [-0.15, -0.1) is 0 Å². The summed E-state index contributed by atoms with van der Waals surface area (Å²) in [7, 11) is 0. The zero-order valence-corrected chi connectivity index (χ0v) is 27.9. The molecule has 238 valence electrons. The van der Waals surface area contributed by atoms with Crippen LogP contribution in [0.3, 0.4) is 0 Å². The average molecular weight is 649 g/mol. The second-order valence-corrected chi connectivity index (χ2v) is 13.3. The Kier molecular flexibility index (Phi) is 6.75. The number of rotatable bonds is 5. The van der Waals surface area contributed by atoms with E-state index in [4.69, 9.17) is 9.97 Å². The number of benzene rings is 8. The summed E-state index contributed by atoms with van der Waals surface area (Å²) in [6.07, 6.45) is 0. The van der Waals surface area contributed by atoms with E-state index in [1.807, 2.05) is 6.07 Å². The van der Waals surface area contributed by atoms with Crippen molar-refractivity contribution in [1.82, 2.24) is 9.97 Å². The summed E-state index contributed by atoms with van der Waals surface area (Å²) in [4.78, 5) is 10.5. The normalized spacial score (nSPS) is 12.9. The van der Waals surface area contributed by atoms with Crippen molar-refractivity contribution in [1.29, 1.82) is 0 Å². The van der Waals surface area contributed by atoms with Crippen molar-refractivity contribution in [3.8, 4) is 45.0 Å². The minimum absolute atomic E-state index is 0.471. The molecule has 0 amide bonds. The first-order valence-electron chi connectivity index (χ1n) is 17.5. The van der Waals surface area contributed by atoms with Crippen molar-refractivity contribution in [3.05, 3.63) is 216 Å². The molecule has 0 N–H and O–H groups in total. The third kappa shape index (κ3) is 4.57.